The molecule has 1 heterocycles. The average molecular weight is 272 g/mol. The maximum Gasteiger partial charge on any atom is 0.271 e. The quantitative estimate of drug-likeness (QED) is 0.776. The van der Waals surface area contributed by atoms with Crippen molar-refractivity contribution >= 4 is 11.7 Å². The van der Waals surface area contributed by atoms with Crippen molar-refractivity contribution < 1.29 is 9.53 Å². The summed E-state index contributed by atoms with van der Waals surface area (Å²) in [7, 11) is 1.74. The highest BCUT2D eigenvalue weighted by atomic mass is 16.5. The monoisotopic (exact) mass is 272 g/mol. The van der Waals surface area contributed by atoms with E-state index < -0.39 is 0 Å². The van der Waals surface area contributed by atoms with Crippen LogP contribution in [0.2, 0.25) is 0 Å². The van der Waals surface area contributed by atoms with E-state index in [0.717, 1.165) is 5.75 Å². The number of hydrogen-bond donors (Lipinski definition) is 2. The van der Waals surface area contributed by atoms with E-state index in [1.165, 1.54) is 0 Å². The van der Waals surface area contributed by atoms with Crippen LogP contribution in [0.3, 0.4) is 0 Å². The summed E-state index contributed by atoms with van der Waals surface area (Å²) in [6.07, 6.45) is 0. The molecule has 1 aromatic carbocycles. The van der Waals surface area contributed by atoms with Gasteiger partial charge in [-0.2, -0.15) is 0 Å². The summed E-state index contributed by atoms with van der Waals surface area (Å²) in [6.45, 7) is 0.807. The van der Waals surface area contributed by atoms with E-state index in [4.69, 9.17) is 4.74 Å². The number of rotatable bonds is 6. The fourth-order valence-electron chi connectivity index (χ4n) is 1.53. The maximum atomic E-state index is 11.8. The number of anilines is 1. The highest BCUT2D eigenvalue weighted by Crippen LogP contribution is 2.07. The van der Waals surface area contributed by atoms with Crippen molar-refractivity contribution in [3.05, 3.63) is 48.2 Å². The molecule has 0 aliphatic rings. The van der Waals surface area contributed by atoms with Crippen molar-refractivity contribution in [3.63, 3.8) is 0 Å². The Balaban J connectivity index is 1.74. The van der Waals surface area contributed by atoms with E-state index in [1.807, 2.05) is 30.3 Å². The van der Waals surface area contributed by atoms with Gasteiger partial charge in [0.1, 0.15) is 18.2 Å². The van der Waals surface area contributed by atoms with Crippen LogP contribution in [0.15, 0.2) is 42.5 Å². The molecule has 2 rings (SSSR count). The zero-order valence-corrected chi connectivity index (χ0v) is 11.2. The van der Waals surface area contributed by atoms with E-state index in [0.29, 0.717) is 19.0 Å². The van der Waals surface area contributed by atoms with Crippen molar-refractivity contribution in [1.29, 1.82) is 0 Å². The Morgan fingerprint density at radius 2 is 1.95 bits per heavy atom. The summed E-state index contributed by atoms with van der Waals surface area (Å²) in [6, 6.07) is 12.8. The first-order chi connectivity index (χ1) is 9.79. The number of para-hydroxylation sites is 1. The zero-order chi connectivity index (χ0) is 14.2. The number of nitrogens with one attached hydrogen (secondary N) is 2. The standard InChI is InChI=1S/C14H16N4O2/c1-15-13-8-7-12(17-18-13)14(19)16-9-10-20-11-5-3-2-4-6-11/h2-8H,9-10H2,1H3,(H,15,18)(H,16,19). The molecule has 6 nitrogen and oxygen atoms in total. The van der Waals surface area contributed by atoms with Gasteiger partial charge in [-0.3, -0.25) is 4.79 Å². The molecule has 0 aliphatic heterocycles. The molecule has 20 heavy (non-hydrogen) atoms. The molecular weight excluding hydrogens is 256 g/mol. The van der Waals surface area contributed by atoms with Gasteiger partial charge in [-0.15, -0.1) is 10.2 Å². The van der Waals surface area contributed by atoms with Crippen LogP contribution < -0.4 is 15.4 Å². The smallest absolute Gasteiger partial charge is 0.271 e. The molecule has 0 radical (unpaired) electrons. The number of carbonyl (C=O) groups is 1. The Kier molecular flexibility index (Phi) is 4.88. The molecule has 0 saturated heterocycles. The van der Waals surface area contributed by atoms with Crippen LogP contribution in [0.25, 0.3) is 0 Å². The molecule has 0 aliphatic carbocycles. The van der Waals surface area contributed by atoms with Gasteiger partial charge < -0.3 is 15.4 Å². The number of aromatic nitrogens is 2. The number of amides is 1. The fourth-order valence-corrected chi connectivity index (χ4v) is 1.53. The first kappa shape index (κ1) is 13.8. The van der Waals surface area contributed by atoms with Gasteiger partial charge in [0.15, 0.2) is 5.69 Å². The summed E-state index contributed by atoms with van der Waals surface area (Å²) in [5.74, 6) is 1.13. The van der Waals surface area contributed by atoms with Gasteiger partial charge >= 0.3 is 0 Å². The zero-order valence-electron chi connectivity index (χ0n) is 11.2. The molecule has 0 fully saturated rings. The number of nitrogens with zero attached hydrogens (tertiary/aromatic N) is 2. The second-order valence-corrected chi connectivity index (χ2v) is 3.97. The number of ether oxygens (including phenoxy) is 1. The second-order valence-electron chi connectivity index (χ2n) is 3.97. The maximum absolute atomic E-state index is 11.8. The van der Waals surface area contributed by atoms with Crippen LogP contribution >= 0.6 is 0 Å². The molecule has 1 amide bonds. The normalized spacial score (nSPS) is 9.85. The average Bonchev–Trinajstić information content (AvgIpc) is 2.52. The van der Waals surface area contributed by atoms with Crippen LogP contribution in [-0.4, -0.2) is 36.3 Å². The summed E-state index contributed by atoms with van der Waals surface area (Å²) < 4.78 is 5.47. The number of benzene rings is 1. The summed E-state index contributed by atoms with van der Waals surface area (Å²) in [5, 5.41) is 13.2. The van der Waals surface area contributed by atoms with Crippen molar-refractivity contribution in [2.45, 2.75) is 0 Å². The van der Waals surface area contributed by atoms with Crippen LogP contribution in [0.5, 0.6) is 5.75 Å². The Morgan fingerprint density at radius 1 is 1.15 bits per heavy atom. The van der Waals surface area contributed by atoms with E-state index >= 15 is 0 Å². The lowest BCUT2D eigenvalue weighted by molar-refractivity contribution is 0.0941. The van der Waals surface area contributed by atoms with E-state index in [-0.39, 0.29) is 11.6 Å². The summed E-state index contributed by atoms with van der Waals surface area (Å²) in [4.78, 5) is 11.8. The third-order valence-electron chi connectivity index (χ3n) is 2.55. The SMILES string of the molecule is CNc1ccc(C(=O)NCCOc2ccccc2)nn1. The Hall–Kier alpha value is -2.63. The van der Waals surface area contributed by atoms with Crippen molar-refractivity contribution in [2.75, 3.05) is 25.5 Å². The molecule has 2 N–H and O–H groups in total. The molecule has 0 bridgehead atoms. The molecule has 0 unspecified atom stereocenters. The van der Waals surface area contributed by atoms with Gasteiger partial charge in [0.2, 0.25) is 0 Å². The van der Waals surface area contributed by atoms with Crippen LogP contribution in [0, 0.1) is 0 Å². The lowest BCUT2D eigenvalue weighted by Gasteiger charge is -2.07. The van der Waals surface area contributed by atoms with E-state index in [9.17, 15) is 4.79 Å². The van der Waals surface area contributed by atoms with Gasteiger partial charge in [-0.05, 0) is 24.3 Å². The van der Waals surface area contributed by atoms with Crippen molar-refractivity contribution in [2.24, 2.45) is 0 Å². The first-order valence-corrected chi connectivity index (χ1v) is 6.27. The third kappa shape index (κ3) is 3.94. The molecule has 104 valence electrons. The number of hydrogen-bond acceptors (Lipinski definition) is 5. The molecule has 6 heteroatoms. The Labute approximate surface area is 117 Å². The topological polar surface area (TPSA) is 76.1 Å². The minimum absolute atomic E-state index is 0.267. The molecular formula is C14H16N4O2. The number of carbonyl (C=O) groups excluding carboxylic acids is 1. The predicted octanol–water partition coefficient (Wildman–Crippen LogP) is 1.33. The van der Waals surface area contributed by atoms with Crippen LogP contribution in [0.1, 0.15) is 10.5 Å². The van der Waals surface area contributed by atoms with Gasteiger partial charge in [-0.25, -0.2) is 0 Å². The fraction of sp³-hybridized carbons (Fsp3) is 0.214. The third-order valence-corrected chi connectivity index (χ3v) is 2.55. The van der Waals surface area contributed by atoms with E-state index in [1.54, 1.807) is 19.2 Å². The largest absolute Gasteiger partial charge is 0.492 e. The van der Waals surface area contributed by atoms with Crippen molar-refractivity contribution in [1.82, 2.24) is 15.5 Å². The lowest BCUT2D eigenvalue weighted by Crippen LogP contribution is -2.29. The molecule has 1 aromatic heterocycles. The lowest BCUT2D eigenvalue weighted by atomic mass is 10.3. The highest BCUT2D eigenvalue weighted by Gasteiger charge is 2.07. The second kappa shape index (κ2) is 7.08. The predicted molar refractivity (Wildman–Crippen MR) is 75.8 cm³/mol. The minimum Gasteiger partial charge on any atom is -0.492 e. The summed E-state index contributed by atoms with van der Waals surface area (Å²) >= 11 is 0. The molecule has 2 aromatic rings. The van der Waals surface area contributed by atoms with E-state index in [2.05, 4.69) is 20.8 Å². The van der Waals surface area contributed by atoms with Crippen LogP contribution in [0.4, 0.5) is 5.82 Å². The Morgan fingerprint density at radius 3 is 2.60 bits per heavy atom. The van der Waals surface area contributed by atoms with Gasteiger partial charge in [-0.1, -0.05) is 18.2 Å². The molecule has 0 spiro atoms. The molecule has 0 atom stereocenters. The van der Waals surface area contributed by atoms with Gasteiger partial charge in [0.25, 0.3) is 5.91 Å². The van der Waals surface area contributed by atoms with Crippen LogP contribution in [-0.2, 0) is 0 Å². The van der Waals surface area contributed by atoms with Gasteiger partial charge in [0.05, 0.1) is 6.54 Å². The minimum atomic E-state index is -0.267. The van der Waals surface area contributed by atoms with Gasteiger partial charge in [0, 0.05) is 7.05 Å². The first-order valence-electron chi connectivity index (χ1n) is 6.27. The highest BCUT2D eigenvalue weighted by molar-refractivity contribution is 5.92. The Bertz CT molecular complexity index is 543. The molecule has 0 saturated carbocycles. The van der Waals surface area contributed by atoms with Crippen molar-refractivity contribution in [3.8, 4) is 5.75 Å². The summed E-state index contributed by atoms with van der Waals surface area (Å²) in [5.41, 5.74) is 0.281.